The van der Waals surface area contributed by atoms with E-state index in [0.717, 1.165) is 37.0 Å². The number of rotatable bonds is 6. The second-order valence-corrected chi connectivity index (χ2v) is 6.41. The highest BCUT2D eigenvalue weighted by Gasteiger charge is 2.21. The summed E-state index contributed by atoms with van der Waals surface area (Å²) in [5.41, 5.74) is 1.05. The van der Waals surface area contributed by atoms with Crippen LogP contribution in [0, 0.1) is 0 Å². The standard InChI is InChI=1S/C21H20O5/c1-2-3-4-5-6-13-7-9-15-18(11-13)26-21(20(25)19(15)24)14-8-10-16(22)17(23)12-14/h7-12,25H,2-6H2,1H3. The van der Waals surface area contributed by atoms with Crippen LogP contribution >= 0.6 is 0 Å². The van der Waals surface area contributed by atoms with Crippen molar-refractivity contribution in [3.8, 4) is 5.75 Å². The van der Waals surface area contributed by atoms with E-state index in [0.29, 0.717) is 5.58 Å². The molecule has 3 rings (SSSR count). The lowest BCUT2D eigenvalue weighted by Crippen LogP contribution is -2.12. The monoisotopic (exact) mass is 352 g/mol. The number of fused-ring (bicyclic) bond motifs is 1. The van der Waals surface area contributed by atoms with E-state index in [-0.39, 0.29) is 16.7 Å². The number of unbranched alkanes of at least 4 members (excludes halogenated alkanes) is 3. The lowest BCUT2D eigenvalue weighted by molar-refractivity contribution is -0.131. The van der Waals surface area contributed by atoms with Gasteiger partial charge in [0.05, 0.1) is 5.39 Å². The second kappa shape index (κ2) is 7.52. The van der Waals surface area contributed by atoms with Crippen molar-refractivity contribution < 1.29 is 19.1 Å². The largest absolute Gasteiger partial charge is 0.502 e. The maximum Gasteiger partial charge on any atom is 0.235 e. The zero-order valence-electron chi connectivity index (χ0n) is 14.6. The smallest absolute Gasteiger partial charge is 0.235 e. The molecule has 0 aliphatic heterocycles. The molecule has 0 radical (unpaired) electrons. The second-order valence-electron chi connectivity index (χ2n) is 6.41. The van der Waals surface area contributed by atoms with Gasteiger partial charge < -0.3 is 9.52 Å². The number of hydrogen-bond acceptors (Lipinski definition) is 5. The van der Waals surface area contributed by atoms with E-state index in [1.807, 2.05) is 6.07 Å². The number of allylic oxidation sites excluding steroid dienone is 4. The number of carbonyl (C=O) groups is 2. The van der Waals surface area contributed by atoms with Crippen LogP contribution in [0.2, 0.25) is 0 Å². The fourth-order valence-electron chi connectivity index (χ4n) is 2.98. The molecule has 26 heavy (non-hydrogen) atoms. The molecule has 1 aliphatic carbocycles. The number of carbonyl (C=O) groups excluding carboxylic acids is 2. The van der Waals surface area contributed by atoms with Crippen LogP contribution in [0.1, 0.15) is 43.9 Å². The molecule has 0 unspecified atom stereocenters. The van der Waals surface area contributed by atoms with Crippen molar-refractivity contribution >= 4 is 28.1 Å². The Labute approximate surface area is 150 Å². The van der Waals surface area contributed by atoms with Crippen molar-refractivity contribution in [1.29, 1.82) is 0 Å². The van der Waals surface area contributed by atoms with Crippen molar-refractivity contribution in [2.24, 2.45) is 0 Å². The zero-order valence-corrected chi connectivity index (χ0v) is 14.6. The van der Waals surface area contributed by atoms with E-state index in [2.05, 4.69) is 6.92 Å². The van der Waals surface area contributed by atoms with Gasteiger partial charge >= 0.3 is 0 Å². The summed E-state index contributed by atoms with van der Waals surface area (Å²) in [6.45, 7) is 2.16. The molecule has 0 bridgehead atoms. The van der Waals surface area contributed by atoms with Crippen molar-refractivity contribution in [2.75, 3.05) is 0 Å². The molecule has 0 spiro atoms. The lowest BCUT2D eigenvalue weighted by atomic mass is 10.0. The summed E-state index contributed by atoms with van der Waals surface area (Å²) in [5, 5.41) is 10.5. The fraction of sp³-hybridized carbons (Fsp3) is 0.286. The predicted molar refractivity (Wildman–Crippen MR) is 99.1 cm³/mol. The molecule has 1 aromatic heterocycles. The van der Waals surface area contributed by atoms with Gasteiger partial charge in [0.2, 0.25) is 22.7 Å². The lowest BCUT2D eigenvalue weighted by Gasteiger charge is -2.09. The highest BCUT2D eigenvalue weighted by atomic mass is 16.4. The Morgan fingerprint density at radius 1 is 1.00 bits per heavy atom. The topological polar surface area (TPSA) is 84.6 Å². The van der Waals surface area contributed by atoms with Gasteiger partial charge in [-0.05, 0) is 42.7 Å². The molecule has 0 fully saturated rings. The fourth-order valence-corrected chi connectivity index (χ4v) is 2.98. The van der Waals surface area contributed by atoms with Crippen LogP contribution in [0.25, 0.3) is 16.5 Å². The minimum Gasteiger partial charge on any atom is -0.502 e. The summed E-state index contributed by atoms with van der Waals surface area (Å²) in [7, 11) is 0. The van der Waals surface area contributed by atoms with Crippen molar-refractivity contribution in [1.82, 2.24) is 0 Å². The third-order valence-electron chi connectivity index (χ3n) is 4.46. The normalized spacial score (nSPS) is 14.1. The van der Waals surface area contributed by atoms with Gasteiger partial charge in [-0.15, -0.1) is 0 Å². The molecule has 2 aromatic rings. The van der Waals surface area contributed by atoms with E-state index in [1.54, 1.807) is 12.1 Å². The van der Waals surface area contributed by atoms with Crippen LogP contribution in [-0.4, -0.2) is 16.7 Å². The molecule has 1 N–H and O–H groups in total. The van der Waals surface area contributed by atoms with Crippen molar-refractivity contribution in [3.05, 3.63) is 58.0 Å². The Balaban J connectivity index is 2.00. The number of ketones is 2. The van der Waals surface area contributed by atoms with Crippen LogP contribution in [0.4, 0.5) is 0 Å². The van der Waals surface area contributed by atoms with Crippen LogP contribution in [0.15, 0.2) is 45.6 Å². The Hall–Kier alpha value is -2.95. The zero-order chi connectivity index (χ0) is 18.7. The Bertz CT molecular complexity index is 991. The molecule has 0 amide bonds. The minimum atomic E-state index is -0.714. The first kappa shape index (κ1) is 17.9. The average Bonchev–Trinajstić information content (AvgIpc) is 2.64. The van der Waals surface area contributed by atoms with Crippen molar-refractivity contribution in [3.63, 3.8) is 0 Å². The van der Waals surface area contributed by atoms with E-state index in [9.17, 15) is 19.5 Å². The number of hydrogen-bond donors (Lipinski definition) is 1. The first-order valence-corrected chi connectivity index (χ1v) is 8.78. The summed E-state index contributed by atoms with van der Waals surface area (Å²) in [4.78, 5) is 35.3. The van der Waals surface area contributed by atoms with Gasteiger partial charge in [-0.25, -0.2) is 0 Å². The molecule has 1 aliphatic rings. The molecule has 0 saturated heterocycles. The van der Waals surface area contributed by atoms with Gasteiger partial charge in [-0.3, -0.25) is 14.4 Å². The van der Waals surface area contributed by atoms with Gasteiger partial charge in [0.15, 0.2) is 5.76 Å². The van der Waals surface area contributed by atoms with Crippen LogP contribution in [0.3, 0.4) is 0 Å². The molecule has 1 aromatic carbocycles. The van der Waals surface area contributed by atoms with Gasteiger partial charge in [0.25, 0.3) is 0 Å². The Morgan fingerprint density at radius 2 is 1.81 bits per heavy atom. The third-order valence-corrected chi connectivity index (χ3v) is 4.46. The SMILES string of the molecule is CCCCCCc1ccc2c(=O)c(O)c(C3=CC(=O)C(=O)C=C3)oc2c1. The summed E-state index contributed by atoms with van der Waals surface area (Å²) < 4.78 is 5.73. The summed E-state index contributed by atoms with van der Waals surface area (Å²) >= 11 is 0. The molecule has 0 saturated carbocycles. The quantitative estimate of drug-likeness (QED) is 0.487. The van der Waals surface area contributed by atoms with Crippen molar-refractivity contribution in [2.45, 2.75) is 39.0 Å². The molecular formula is C21H20O5. The van der Waals surface area contributed by atoms with E-state index >= 15 is 0 Å². The van der Waals surface area contributed by atoms with Gasteiger partial charge in [-0.1, -0.05) is 32.3 Å². The molecule has 5 nitrogen and oxygen atoms in total. The number of benzene rings is 1. The summed E-state index contributed by atoms with van der Waals surface area (Å²) in [6, 6.07) is 5.32. The number of aromatic hydroxyl groups is 1. The molecule has 0 atom stereocenters. The summed E-state index contributed by atoms with van der Waals surface area (Å²) in [6.07, 6.45) is 8.97. The minimum absolute atomic E-state index is 0.0947. The Morgan fingerprint density at radius 3 is 2.54 bits per heavy atom. The molecule has 1 heterocycles. The van der Waals surface area contributed by atoms with Crippen LogP contribution in [0.5, 0.6) is 5.75 Å². The van der Waals surface area contributed by atoms with E-state index in [4.69, 9.17) is 4.42 Å². The predicted octanol–water partition coefficient (Wildman–Crippen LogP) is 3.71. The maximum atomic E-state index is 12.4. The average molecular weight is 352 g/mol. The van der Waals surface area contributed by atoms with E-state index in [1.165, 1.54) is 18.9 Å². The summed E-state index contributed by atoms with van der Waals surface area (Å²) in [5.74, 6) is -2.02. The molecular weight excluding hydrogens is 332 g/mol. The third kappa shape index (κ3) is 3.52. The van der Waals surface area contributed by atoms with Crippen LogP contribution < -0.4 is 5.43 Å². The highest BCUT2D eigenvalue weighted by Crippen LogP contribution is 2.29. The molecule has 5 heteroatoms. The Kier molecular flexibility index (Phi) is 5.16. The number of aryl methyl sites for hydroxylation is 1. The highest BCUT2D eigenvalue weighted by molar-refractivity contribution is 6.48. The van der Waals surface area contributed by atoms with Gasteiger partial charge in [0.1, 0.15) is 5.58 Å². The first-order valence-electron chi connectivity index (χ1n) is 8.78. The molecule has 134 valence electrons. The van der Waals surface area contributed by atoms with Crippen LogP contribution in [-0.2, 0) is 16.0 Å². The van der Waals surface area contributed by atoms with Gasteiger partial charge in [-0.2, -0.15) is 0 Å². The van der Waals surface area contributed by atoms with E-state index < -0.39 is 22.7 Å². The maximum absolute atomic E-state index is 12.4. The van der Waals surface area contributed by atoms with Gasteiger partial charge in [0, 0.05) is 11.6 Å². The first-order chi connectivity index (χ1) is 12.5.